The van der Waals surface area contributed by atoms with Gasteiger partial charge in [0.2, 0.25) is 15.2 Å². The Bertz CT molecular complexity index is 68.0. The standard InChI is InChI=1S/C6H14N.CH3.Al.H2/c1-6(2)5-7(3)4;;;/h5-6H,1-4H3;1H3;;1H. The van der Waals surface area contributed by atoms with E-state index >= 15 is 0 Å². The summed E-state index contributed by atoms with van der Waals surface area (Å²) in [5.41, 5.74) is 0. The van der Waals surface area contributed by atoms with Gasteiger partial charge in [0.25, 0.3) is 0 Å². The van der Waals surface area contributed by atoms with Gasteiger partial charge in [-0.2, -0.15) is 0 Å². The molecule has 0 rings (SSSR count). The van der Waals surface area contributed by atoms with E-state index in [4.69, 9.17) is 0 Å². The molecule has 0 aromatic carbocycles. The van der Waals surface area contributed by atoms with Crippen LogP contribution in [0.4, 0.5) is 0 Å². The lowest BCUT2D eigenvalue weighted by Gasteiger charge is -2.26. The third-order valence-corrected chi connectivity index (χ3v) is 3.67. The van der Waals surface area contributed by atoms with Crippen LogP contribution in [0.25, 0.3) is 0 Å². The van der Waals surface area contributed by atoms with E-state index in [9.17, 15) is 0 Å². The maximum atomic E-state index is 2.33. The van der Waals surface area contributed by atoms with Crippen molar-refractivity contribution in [3.63, 3.8) is 0 Å². The highest BCUT2D eigenvalue weighted by molar-refractivity contribution is 6.35. The first kappa shape index (κ1) is 9.49. The molecule has 1 atom stereocenters. The molecule has 0 heterocycles. The molecule has 0 spiro atoms. The van der Waals surface area contributed by atoms with Crippen LogP contribution in [0.5, 0.6) is 0 Å². The fraction of sp³-hybridized carbons (Fsp3) is 1.00. The molecule has 2 heteroatoms. The van der Waals surface area contributed by atoms with Crippen molar-refractivity contribution in [2.24, 2.45) is 5.92 Å². The summed E-state index contributed by atoms with van der Waals surface area (Å²) >= 11 is 0.597. The van der Waals surface area contributed by atoms with Crippen LogP contribution in [0.1, 0.15) is 15.3 Å². The number of nitrogens with zero attached hydrogens (tertiary/aromatic N) is 1. The summed E-state index contributed by atoms with van der Waals surface area (Å²) in [6.45, 7) is 4.59. The van der Waals surface area contributed by atoms with Crippen LogP contribution in [0.2, 0.25) is 5.79 Å². The van der Waals surface area contributed by atoms with E-state index in [0.717, 1.165) is 10.8 Å². The average Bonchev–Trinajstić information content (AvgIpc) is 1.64. The molecule has 1 nitrogen and oxygen atoms in total. The quantitative estimate of drug-likeness (QED) is 0.543. The molecule has 0 aromatic rings. The van der Waals surface area contributed by atoms with Gasteiger partial charge in [-0.05, 0) is 24.9 Å². The van der Waals surface area contributed by atoms with Crippen molar-refractivity contribution in [2.75, 3.05) is 14.1 Å². The molecular formula is C7H19AlN. The van der Waals surface area contributed by atoms with Gasteiger partial charge in [-0.3, -0.25) is 0 Å². The zero-order valence-corrected chi connectivity index (χ0v) is 8.33. The Kier molecular flexibility index (Phi) is 4.57. The molecule has 1 radical (unpaired) electrons. The van der Waals surface area contributed by atoms with E-state index in [1.54, 1.807) is 0 Å². The lowest BCUT2D eigenvalue weighted by atomic mass is 10.2. The van der Waals surface area contributed by atoms with E-state index in [-0.39, 0.29) is 1.43 Å². The minimum Gasteiger partial charge on any atom is -0.321 e. The van der Waals surface area contributed by atoms with Crippen molar-refractivity contribution in [1.29, 1.82) is 0 Å². The van der Waals surface area contributed by atoms with Crippen LogP contribution in [0, 0.1) is 5.92 Å². The van der Waals surface area contributed by atoms with Crippen molar-refractivity contribution in [3.8, 4) is 0 Å². The van der Waals surface area contributed by atoms with Crippen molar-refractivity contribution < 1.29 is 1.43 Å². The first-order chi connectivity index (χ1) is 4.09. The smallest absolute Gasteiger partial charge is 0.225 e. The summed E-state index contributed by atoms with van der Waals surface area (Å²) in [6, 6.07) is 0. The Morgan fingerprint density at radius 2 is 1.78 bits per heavy atom. The molecule has 55 valence electrons. The number of hydrogen-bond donors (Lipinski definition) is 0. The maximum absolute atomic E-state index is 2.33. The van der Waals surface area contributed by atoms with Gasteiger partial charge in [0.15, 0.2) is 0 Å². The second kappa shape index (κ2) is 4.33. The molecule has 0 aliphatic heterocycles. The Hall–Kier alpha value is 0.492. The third kappa shape index (κ3) is 3.25. The Labute approximate surface area is 66.6 Å². The van der Waals surface area contributed by atoms with E-state index in [1.807, 2.05) is 0 Å². The number of hydrogen-bond acceptors (Lipinski definition) is 1. The van der Waals surface area contributed by atoms with Gasteiger partial charge in [0, 0.05) is 1.43 Å². The molecule has 0 saturated carbocycles. The molecule has 0 bridgehead atoms. The Morgan fingerprint density at radius 3 is 1.78 bits per heavy atom. The molecule has 1 unspecified atom stereocenters. The highest BCUT2D eigenvalue weighted by Gasteiger charge is 2.12. The van der Waals surface area contributed by atoms with Crippen LogP contribution in [0.3, 0.4) is 0 Å². The van der Waals surface area contributed by atoms with Crippen LogP contribution in [-0.4, -0.2) is 39.1 Å². The van der Waals surface area contributed by atoms with Gasteiger partial charge in [-0.25, -0.2) is 0 Å². The van der Waals surface area contributed by atoms with Crippen molar-refractivity contribution >= 4 is 15.2 Å². The third-order valence-electron chi connectivity index (χ3n) is 1.62. The Balaban J connectivity index is 0. The molecule has 0 saturated heterocycles. The van der Waals surface area contributed by atoms with Crippen LogP contribution < -0.4 is 0 Å². The molecule has 9 heavy (non-hydrogen) atoms. The Morgan fingerprint density at radius 1 is 1.33 bits per heavy atom. The average molecular weight is 144 g/mol. The highest BCUT2D eigenvalue weighted by atomic mass is 27.1. The van der Waals surface area contributed by atoms with Gasteiger partial charge >= 0.3 is 0 Å². The first-order valence-corrected chi connectivity index (χ1v) is 5.37. The predicted octanol–water partition coefficient (Wildman–Crippen LogP) is 1.53. The van der Waals surface area contributed by atoms with Gasteiger partial charge in [-0.15, -0.1) is 5.79 Å². The van der Waals surface area contributed by atoms with E-state index < -0.39 is 0 Å². The second-order valence-electron chi connectivity index (χ2n) is 3.03. The largest absolute Gasteiger partial charge is 0.321 e. The molecule has 0 aliphatic rings. The van der Waals surface area contributed by atoms with E-state index in [2.05, 4.69) is 38.6 Å². The van der Waals surface area contributed by atoms with Crippen LogP contribution in [-0.2, 0) is 0 Å². The molecule has 0 fully saturated rings. The number of rotatable bonds is 3. The highest BCUT2D eigenvalue weighted by Crippen LogP contribution is 2.04. The van der Waals surface area contributed by atoms with Gasteiger partial charge in [-0.1, -0.05) is 13.8 Å². The summed E-state index contributed by atoms with van der Waals surface area (Å²) in [6.07, 6.45) is 0. The SMILES string of the molecule is [CH3][Al][CH](C(C)C)N(C)C.[HH]. The summed E-state index contributed by atoms with van der Waals surface area (Å²) in [5.74, 6) is 3.14. The monoisotopic (exact) mass is 144 g/mol. The lowest BCUT2D eigenvalue weighted by molar-refractivity contribution is 0.309. The molecule has 0 aliphatic carbocycles. The van der Waals surface area contributed by atoms with Crippen molar-refractivity contribution in [2.45, 2.75) is 24.5 Å². The molecular weight excluding hydrogens is 125 g/mol. The van der Waals surface area contributed by atoms with Gasteiger partial charge < -0.3 is 4.90 Å². The van der Waals surface area contributed by atoms with E-state index in [1.165, 1.54) is 0 Å². The van der Waals surface area contributed by atoms with Crippen LogP contribution >= 0.6 is 0 Å². The molecule has 0 amide bonds. The topological polar surface area (TPSA) is 3.24 Å². The van der Waals surface area contributed by atoms with Gasteiger partial charge in [0.1, 0.15) is 0 Å². The summed E-state index contributed by atoms with van der Waals surface area (Å²) < 4.78 is 0. The summed E-state index contributed by atoms with van der Waals surface area (Å²) in [4.78, 5) is 3.17. The van der Waals surface area contributed by atoms with Crippen molar-refractivity contribution in [3.05, 3.63) is 0 Å². The molecule has 0 N–H and O–H groups in total. The lowest BCUT2D eigenvalue weighted by Crippen LogP contribution is -2.36. The zero-order valence-electron chi connectivity index (χ0n) is 7.18. The maximum Gasteiger partial charge on any atom is 0.225 e. The van der Waals surface area contributed by atoms with Crippen molar-refractivity contribution in [1.82, 2.24) is 4.90 Å². The zero-order chi connectivity index (χ0) is 7.44. The van der Waals surface area contributed by atoms with E-state index in [0.29, 0.717) is 15.2 Å². The molecule has 0 aromatic heterocycles. The van der Waals surface area contributed by atoms with Gasteiger partial charge in [0.05, 0.1) is 0 Å². The summed E-state index contributed by atoms with van der Waals surface area (Å²) in [5, 5.41) is 0. The minimum absolute atomic E-state index is 0. The minimum atomic E-state index is 0. The second-order valence-corrected chi connectivity index (χ2v) is 4.38. The fourth-order valence-corrected chi connectivity index (χ4v) is 2.65. The van der Waals surface area contributed by atoms with Crippen LogP contribution in [0.15, 0.2) is 0 Å². The summed E-state index contributed by atoms with van der Waals surface area (Å²) in [7, 11) is 4.34. The fourth-order valence-electron chi connectivity index (χ4n) is 1.28. The predicted molar refractivity (Wildman–Crippen MR) is 46.0 cm³/mol. The first-order valence-electron chi connectivity index (χ1n) is 3.55. The normalized spacial score (nSPS) is 14.6.